The number of unbranched alkanes of at least 4 members (excludes halogenated alkanes) is 1. The zero-order valence-corrected chi connectivity index (χ0v) is 7.85. The van der Waals surface area contributed by atoms with Crippen LogP contribution < -0.4 is 5.32 Å². The van der Waals surface area contributed by atoms with E-state index in [1.54, 1.807) is 0 Å². The fourth-order valence-electron chi connectivity index (χ4n) is 1.07. The first-order valence-corrected chi connectivity index (χ1v) is 4.42. The van der Waals surface area contributed by atoms with Crippen molar-refractivity contribution in [2.24, 2.45) is 0 Å². The Labute approximate surface area is 70.6 Å². The van der Waals surface area contributed by atoms with Gasteiger partial charge in [-0.25, -0.2) is 0 Å². The van der Waals surface area contributed by atoms with Crippen LogP contribution in [-0.2, 0) is 0 Å². The van der Waals surface area contributed by atoms with E-state index in [1.165, 1.54) is 19.3 Å². The summed E-state index contributed by atoms with van der Waals surface area (Å²) in [5.41, 5.74) is 0. The molecule has 0 aromatic rings. The average Bonchev–Trinajstić information content (AvgIpc) is 2.00. The van der Waals surface area contributed by atoms with Gasteiger partial charge >= 0.3 is 0 Å². The van der Waals surface area contributed by atoms with Crippen LogP contribution in [0, 0.1) is 12.3 Å². The van der Waals surface area contributed by atoms with Crippen molar-refractivity contribution in [1.29, 1.82) is 0 Å². The smallest absolute Gasteiger partial charge is 0.0660 e. The van der Waals surface area contributed by atoms with E-state index in [0.29, 0.717) is 6.04 Å². The second-order valence-electron chi connectivity index (χ2n) is 3.10. The molecule has 0 saturated carbocycles. The molecule has 0 aliphatic rings. The maximum absolute atomic E-state index is 5.24. The number of rotatable bonds is 5. The molecule has 0 aliphatic carbocycles. The predicted octanol–water partition coefficient (Wildman–Crippen LogP) is 2.18. The van der Waals surface area contributed by atoms with E-state index in [9.17, 15) is 0 Å². The Hall–Kier alpha value is -0.480. The van der Waals surface area contributed by atoms with Crippen molar-refractivity contribution < 1.29 is 0 Å². The highest BCUT2D eigenvalue weighted by atomic mass is 14.9. The van der Waals surface area contributed by atoms with Gasteiger partial charge in [0.1, 0.15) is 0 Å². The summed E-state index contributed by atoms with van der Waals surface area (Å²) in [4.78, 5) is 0. The maximum Gasteiger partial charge on any atom is 0.0660 e. The summed E-state index contributed by atoms with van der Waals surface area (Å²) in [6.07, 6.45) is 9.00. The van der Waals surface area contributed by atoms with Crippen LogP contribution in [0.5, 0.6) is 0 Å². The second kappa shape index (κ2) is 6.24. The Balaban J connectivity index is 3.37. The number of hydrogen-bond donors (Lipinski definition) is 1. The van der Waals surface area contributed by atoms with Crippen LogP contribution in [0.3, 0.4) is 0 Å². The van der Waals surface area contributed by atoms with Crippen LogP contribution in [0.25, 0.3) is 0 Å². The molecule has 1 nitrogen and oxygen atoms in total. The quantitative estimate of drug-likeness (QED) is 0.597. The minimum atomic E-state index is 0.210. The molecular formula is C10H19N. The van der Waals surface area contributed by atoms with Crippen LogP contribution in [0.2, 0.25) is 0 Å². The van der Waals surface area contributed by atoms with Crippen molar-refractivity contribution >= 4 is 0 Å². The molecule has 0 aromatic carbocycles. The van der Waals surface area contributed by atoms with E-state index in [2.05, 4.69) is 25.1 Å². The first-order valence-electron chi connectivity index (χ1n) is 4.42. The molecule has 0 amide bonds. The minimum Gasteiger partial charge on any atom is -0.301 e. The summed E-state index contributed by atoms with van der Waals surface area (Å²) in [6.45, 7) is 6.41. The highest BCUT2D eigenvalue weighted by molar-refractivity contribution is 4.96. The summed E-state index contributed by atoms with van der Waals surface area (Å²) in [5.74, 6) is 2.66. The first kappa shape index (κ1) is 10.5. The van der Waals surface area contributed by atoms with Gasteiger partial charge < -0.3 is 5.32 Å². The second-order valence-corrected chi connectivity index (χ2v) is 3.10. The summed E-state index contributed by atoms with van der Waals surface area (Å²) in [7, 11) is 0. The fraction of sp³-hybridized carbons (Fsp3) is 0.800. The van der Waals surface area contributed by atoms with Crippen molar-refractivity contribution in [2.45, 2.75) is 52.1 Å². The third-order valence-corrected chi connectivity index (χ3v) is 1.78. The molecule has 0 heterocycles. The fourth-order valence-corrected chi connectivity index (χ4v) is 1.07. The highest BCUT2D eigenvalue weighted by Gasteiger charge is 2.02. The predicted molar refractivity (Wildman–Crippen MR) is 50.4 cm³/mol. The molecule has 2 unspecified atom stereocenters. The van der Waals surface area contributed by atoms with Gasteiger partial charge in [-0.15, -0.1) is 6.42 Å². The Morgan fingerprint density at radius 3 is 2.55 bits per heavy atom. The molecule has 11 heavy (non-hydrogen) atoms. The molecule has 1 N–H and O–H groups in total. The SMILES string of the molecule is C#CC(C)NC(C)CCCC. The summed E-state index contributed by atoms with van der Waals surface area (Å²) in [6, 6.07) is 0.767. The molecule has 0 spiro atoms. The van der Waals surface area contributed by atoms with Gasteiger partial charge in [-0.1, -0.05) is 25.7 Å². The monoisotopic (exact) mass is 153 g/mol. The van der Waals surface area contributed by atoms with Crippen LogP contribution in [0.4, 0.5) is 0 Å². The molecule has 0 radical (unpaired) electrons. The van der Waals surface area contributed by atoms with Gasteiger partial charge in [-0.05, 0) is 20.3 Å². The van der Waals surface area contributed by atoms with E-state index in [0.717, 1.165) is 0 Å². The Kier molecular flexibility index (Phi) is 5.97. The zero-order valence-electron chi connectivity index (χ0n) is 7.85. The average molecular weight is 153 g/mol. The van der Waals surface area contributed by atoms with Gasteiger partial charge in [0.15, 0.2) is 0 Å². The van der Waals surface area contributed by atoms with Gasteiger partial charge in [0.2, 0.25) is 0 Å². The van der Waals surface area contributed by atoms with Crippen LogP contribution >= 0.6 is 0 Å². The zero-order chi connectivity index (χ0) is 8.69. The van der Waals surface area contributed by atoms with E-state index in [1.807, 2.05) is 6.92 Å². The molecule has 0 aromatic heterocycles. The molecule has 64 valence electrons. The molecule has 0 saturated heterocycles. The van der Waals surface area contributed by atoms with Gasteiger partial charge in [0.05, 0.1) is 6.04 Å². The van der Waals surface area contributed by atoms with E-state index >= 15 is 0 Å². The summed E-state index contributed by atoms with van der Waals surface area (Å²) < 4.78 is 0. The van der Waals surface area contributed by atoms with E-state index in [-0.39, 0.29) is 6.04 Å². The lowest BCUT2D eigenvalue weighted by Gasteiger charge is -2.15. The lowest BCUT2D eigenvalue weighted by atomic mass is 10.1. The Morgan fingerprint density at radius 1 is 1.45 bits per heavy atom. The van der Waals surface area contributed by atoms with Gasteiger partial charge in [0, 0.05) is 6.04 Å². The summed E-state index contributed by atoms with van der Waals surface area (Å²) >= 11 is 0. The van der Waals surface area contributed by atoms with Gasteiger partial charge in [-0.2, -0.15) is 0 Å². The van der Waals surface area contributed by atoms with Crippen molar-refractivity contribution in [3.05, 3.63) is 0 Å². The normalized spacial score (nSPS) is 15.5. The highest BCUT2D eigenvalue weighted by Crippen LogP contribution is 1.99. The molecular weight excluding hydrogens is 134 g/mol. The van der Waals surface area contributed by atoms with Crippen LogP contribution in [0.1, 0.15) is 40.0 Å². The topological polar surface area (TPSA) is 12.0 Å². The number of hydrogen-bond acceptors (Lipinski definition) is 1. The third-order valence-electron chi connectivity index (χ3n) is 1.78. The van der Waals surface area contributed by atoms with Crippen LogP contribution in [0.15, 0.2) is 0 Å². The first-order chi connectivity index (χ1) is 5.20. The number of nitrogens with one attached hydrogen (secondary N) is 1. The Morgan fingerprint density at radius 2 is 2.09 bits per heavy atom. The van der Waals surface area contributed by atoms with Crippen molar-refractivity contribution in [3.63, 3.8) is 0 Å². The molecule has 1 heteroatoms. The molecule has 0 rings (SSSR count). The lowest BCUT2D eigenvalue weighted by Crippen LogP contribution is -2.33. The van der Waals surface area contributed by atoms with E-state index < -0.39 is 0 Å². The molecule has 0 aliphatic heterocycles. The van der Waals surface area contributed by atoms with Gasteiger partial charge in [-0.3, -0.25) is 0 Å². The summed E-state index contributed by atoms with van der Waals surface area (Å²) in [5, 5.41) is 3.33. The van der Waals surface area contributed by atoms with Crippen LogP contribution in [-0.4, -0.2) is 12.1 Å². The van der Waals surface area contributed by atoms with Crippen molar-refractivity contribution in [3.8, 4) is 12.3 Å². The largest absolute Gasteiger partial charge is 0.301 e. The van der Waals surface area contributed by atoms with Gasteiger partial charge in [0.25, 0.3) is 0 Å². The molecule has 0 fully saturated rings. The molecule has 0 bridgehead atoms. The minimum absolute atomic E-state index is 0.210. The lowest BCUT2D eigenvalue weighted by molar-refractivity contribution is 0.478. The standard InChI is InChI=1S/C10H19N/c1-5-7-8-10(4)11-9(3)6-2/h2,9-11H,5,7-8H2,1,3-4H3. The maximum atomic E-state index is 5.24. The van der Waals surface area contributed by atoms with Crippen molar-refractivity contribution in [2.75, 3.05) is 0 Å². The molecule has 2 atom stereocenters. The Bertz CT molecular complexity index is 123. The number of terminal acetylenes is 1. The third kappa shape index (κ3) is 5.94. The van der Waals surface area contributed by atoms with E-state index in [4.69, 9.17) is 6.42 Å². The van der Waals surface area contributed by atoms with Crippen molar-refractivity contribution in [1.82, 2.24) is 5.32 Å².